The Morgan fingerprint density at radius 1 is 1.23 bits per heavy atom. The Morgan fingerprint density at radius 2 is 2.03 bits per heavy atom. The van der Waals surface area contributed by atoms with Gasteiger partial charge < -0.3 is 20.7 Å². The van der Waals surface area contributed by atoms with Crippen LogP contribution in [0.4, 0.5) is 10.1 Å². The largest absolute Gasteiger partial charge is 0.484 e. The number of rotatable bonds is 8. The lowest BCUT2D eigenvalue weighted by molar-refractivity contribution is -0.122. The van der Waals surface area contributed by atoms with Crippen molar-refractivity contribution in [3.05, 3.63) is 70.1 Å². The van der Waals surface area contributed by atoms with Crippen LogP contribution >= 0.6 is 23.2 Å². The van der Waals surface area contributed by atoms with Crippen molar-refractivity contribution in [2.24, 2.45) is 0 Å². The zero-order valence-corrected chi connectivity index (χ0v) is 17.4. The van der Waals surface area contributed by atoms with Crippen molar-refractivity contribution in [2.45, 2.75) is 18.9 Å². The number of amides is 2. The second-order valence-electron chi connectivity index (χ2n) is 6.76. The van der Waals surface area contributed by atoms with Crippen molar-refractivity contribution in [1.82, 2.24) is 10.6 Å². The summed E-state index contributed by atoms with van der Waals surface area (Å²) in [5.41, 5.74) is 2.33. The monoisotopic (exact) mass is 451 g/mol. The molecule has 6 nitrogen and oxygen atoms in total. The summed E-state index contributed by atoms with van der Waals surface area (Å²) in [6.45, 7) is 3.77. The van der Waals surface area contributed by atoms with Crippen LogP contribution in [0, 0.1) is 5.82 Å². The van der Waals surface area contributed by atoms with E-state index in [1.165, 1.54) is 12.1 Å². The molecule has 0 spiro atoms. The Labute approximate surface area is 183 Å². The van der Waals surface area contributed by atoms with Gasteiger partial charge in [0, 0.05) is 41.9 Å². The lowest BCUT2D eigenvalue weighted by Gasteiger charge is -2.13. The minimum atomic E-state index is -0.627. The molecule has 2 amide bonds. The first kappa shape index (κ1) is 21.9. The van der Waals surface area contributed by atoms with Crippen molar-refractivity contribution < 1.29 is 18.7 Å². The Bertz CT molecular complexity index is 984. The third-order valence-corrected chi connectivity index (χ3v) is 4.98. The van der Waals surface area contributed by atoms with Gasteiger partial charge in [0.05, 0.1) is 5.02 Å². The van der Waals surface area contributed by atoms with Crippen LogP contribution in [0.5, 0.6) is 5.75 Å². The van der Waals surface area contributed by atoms with Crippen LogP contribution < -0.4 is 20.7 Å². The Hall–Kier alpha value is -2.77. The average molecular weight is 452 g/mol. The number of halogens is 3. The van der Waals surface area contributed by atoms with Gasteiger partial charge in [0.25, 0.3) is 5.91 Å². The molecule has 0 saturated carbocycles. The van der Waals surface area contributed by atoms with E-state index in [1.807, 2.05) is 12.1 Å². The molecule has 1 atom stereocenters. The highest BCUT2D eigenvalue weighted by Gasteiger charge is 2.26. The van der Waals surface area contributed by atoms with Gasteiger partial charge in [0.1, 0.15) is 17.6 Å². The van der Waals surface area contributed by atoms with Crippen molar-refractivity contribution in [1.29, 1.82) is 0 Å². The molecule has 0 fully saturated rings. The molecule has 0 radical (unpaired) electrons. The summed E-state index contributed by atoms with van der Waals surface area (Å²) < 4.78 is 18.6. The molecule has 0 aromatic heterocycles. The first-order valence-corrected chi connectivity index (χ1v) is 9.95. The molecule has 1 unspecified atom stereocenters. The third kappa shape index (κ3) is 5.87. The minimum absolute atomic E-state index is 0.0253. The van der Waals surface area contributed by atoms with E-state index in [1.54, 1.807) is 6.07 Å². The highest BCUT2D eigenvalue weighted by molar-refractivity contribution is 6.31. The molecule has 1 heterocycles. The number of hydrogen-bond acceptors (Lipinski definition) is 4. The lowest BCUT2D eigenvalue weighted by Crippen LogP contribution is -2.39. The number of carbonyl (C=O) groups excluding carboxylic acids is 2. The molecular weight excluding hydrogens is 432 g/mol. The fourth-order valence-corrected chi connectivity index (χ4v) is 3.27. The first-order valence-electron chi connectivity index (χ1n) is 9.20. The first-order chi connectivity index (χ1) is 14.3. The molecule has 2 aromatic carbocycles. The van der Waals surface area contributed by atoms with Gasteiger partial charge in [-0.1, -0.05) is 29.8 Å². The number of fused-ring (bicyclic) bond motifs is 1. The van der Waals surface area contributed by atoms with Crippen molar-refractivity contribution in [2.75, 3.05) is 18.5 Å². The molecule has 0 saturated heterocycles. The Kier molecular flexibility index (Phi) is 7.18. The molecule has 0 bridgehead atoms. The van der Waals surface area contributed by atoms with Crippen molar-refractivity contribution in [3.8, 4) is 5.75 Å². The molecule has 1 aliphatic heterocycles. The zero-order valence-electron chi connectivity index (χ0n) is 15.9. The van der Waals surface area contributed by atoms with Crippen LogP contribution in [-0.4, -0.2) is 31.0 Å². The summed E-state index contributed by atoms with van der Waals surface area (Å²) >= 11 is 11.6. The molecule has 30 heavy (non-hydrogen) atoms. The SMILES string of the molecule is C=C(CCNC(=O)C1Cc2cc(Cl)ccc2N1)NC(=O)COc1ccc(Cl)c(F)c1. The third-order valence-electron chi connectivity index (χ3n) is 4.44. The van der Waals surface area contributed by atoms with Crippen molar-refractivity contribution >= 4 is 40.7 Å². The van der Waals surface area contributed by atoms with Gasteiger partial charge in [-0.3, -0.25) is 9.59 Å². The summed E-state index contributed by atoms with van der Waals surface area (Å²) in [5.74, 6) is -1.02. The van der Waals surface area contributed by atoms with E-state index >= 15 is 0 Å². The predicted molar refractivity (Wildman–Crippen MR) is 114 cm³/mol. The van der Waals surface area contributed by atoms with Gasteiger partial charge in [0.15, 0.2) is 6.61 Å². The van der Waals surface area contributed by atoms with E-state index in [4.69, 9.17) is 27.9 Å². The fraction of sp³-hybridized carbons (Fsp3) is 0.238. The summed E-state index contributed by atoms with van der Waals surface area (Å²) in [4.78, 5) is 24.2. The van der Waals surface area contributed by atoms with Gasteiger partial charge >= 0.3 is 0 Å². The second kappa shape index (κ2) is 9.82. The summed E-state index contributed by atoms with van der Waals surface area (Å²) in [6, 6.07) is 9.01. The van der Waals surface area contributed by atoms with E-state index in [0.29, 0.717) is 30.1 Å². The van der Waals surface area contributed by atoms with E-state index in [-0.39, 0.29) is 29.3 Å². The summed E-state index contributed by atoms with van der Waals surface area (Å²) in [6.07, 6.45) is 0.917. The predicted octanol–water partition coefficient (Wildman–Crippen LogP) is 3.68. The molecule has 1 aliphatic rings. The molecule has 158 valence electrons. The Balaban J connectivity index is 1.35. The highest BCUT2D eigenvalue weighted by atomic mass is 35.5. The van der Waals surface area contributed by atoms with E-state index < -0.39 is 11.7 Å². The van der Waals surface area contributed by atoms with Gasteiger partial charge in [-0.25, -0.2) is 4.39 Å². The summed E-state index contributed by atoms with van der Waals surface area (Å²) in [7, 11) is 0. The topological polar surface area (TPSA) is 79.5 Å². The number of benzene rings is 2. The number of hydrogen-bond donors (Lipinski definition) is 3. The quantitative estimate of drug-likeness (QED) is 0.571. The van der Waals surface area contributed by atoms with Crippen molar-refractivity contribution in [3.63, 3.8) is 0 Å². The lowest BCUT2D eigenvalue weighted by atomic mass is 10.1. The number of carbonyl (C=O) groups is 2. The summed E-state index contributed by atoms with van der Waals surface area (Å²) in [5, 5.41) is 9.16. The highest BCUT2D eigenvalue weighted by Crippen LogP contribution is 2.28. The van der Waals surface area contributed by atoms with E-state index in [2.05, 4.69) is 22.5 Å². The van der Waals surface area contributed by atoms with Gasteiger partial charge in [-0.2, -0.15) is 0 Å². The Morgan fingerprint density at radius 3 is 2.80 bits per heavy atom. The normalized spacial score (nSPS) is 14.4. The maximum absolute atomic E-state index is 13.4. The molecule has 9 heteroatoms. The molecule has 3 N–H and O–H groups in total. The average Bonchev–Trinajstić information content (AvgIpc) is 3.12. The number of nitrogens with one attached hydrogen (secondary N) is 3. The van der Waals surface area contributed by atoms with Gasteiger partial charge in [-0.15, -0.1) is 0 Å². The minimum Gasteiger partial charge on any atom is -0.484 e. The van der Waals surface area contributed by atoms with Gasteiger partial charge in [0.2, 0.25) is 5.91 Å². The molecular formula is C21H20Cl2FN3O3. The molecule has 2 aromatic rings. The van der Waals surface area contributed by atoms with Crippen LogP contribution in [0.3, 0.4) is 0 Å². The zero-order chi connectivity index (χ0) is 21.7. The maximum atomic E-state index is 13.4. The fourth-order valence-electron chi connectivity index (χ4n) is 2.96. The van der Waals surface area contributed by atoms with E-state index in [0.717, 1.165) is 17.3 Å². The number of ether oxygens (including phenoxy) is 1. The smallest absolute Gasteiger partial charge is 0.262 e. The molecule has 3 rings (SSSR count). The van der Waals surface area contributed by atoms with Crippen LogP contribution in [0.25, 0.3) is 0 Å². The maximum Gasteiger partial charge on any atom is 0.262 e. The van der Waals surface area contributed by atoms with Crippen LogP contribution in [0.15, 0.2) is 48.7 Å². The van der Waals surface area contributed by atoms with Crippen LogP contribution in [0.1, 0.15) is 12.0 Å². The van der Waals surface area contributed by atoms with Crippen LogP contribution in [-0.2, 0) is 16.0 Å². The van der Waals surface area contributed by atoms with Gasteiger partial charge in [-0.05, 0) is 35.9 Å². The molecule has 0 aliphatic carbocycles. The second-order valence-corrected chi connectivity index (χ2v) is 7.60. The van der Waals surface area contributed by atoms with E-state index in [9.17, 15) is 14.0 Å². The number of anilines is 1. The standard InChI is InChI=1S/C21H20Cl2FN3O3/c1-12(26-20(28)11-30-15-3-4-16(23)17(24)10-15)6-7-25-21(29)19-9-13-8-14(22)2-5-18(13)27-19/h2-5,8,10,19,27H,1,6-7,9,11H2,(H,25,29)(H,26,28). The van der Waals surface area contributed by atoms with Crippen LogP contribution in [0.2, 0.25) is 10.0 Å².